The molecule has 0 amide bonds. The highest BCUT2D eigenvalue weighted by atomic mass is 16.5. The molecule has 2 aromatic heterocycles. The number of morpholine rings is 1. The van der Waals surface area contributed by atoms with E-state index in [1.54, 1.807) is 0 Å². The number of anilines is 4. The van der Waals surface area contributed by atoms with Gasteiger partial charge in [0.05, 0.1) is 18.7 Å². The topological polar surface area (TPSA) is 101 Å². The van der Waals surface area contributed by atoms with E-state index in [2.05, 4.69) is 36.6 Å². The number of hydrogen-bond donors (Lipinski definition) is 3. The van der Waals surface area contributed by atoms with Gasteiger partial charge in [0.25, 0.3) is 0 Å². The lowest BCUT2D eigenvalue weighted by Gasteiger charge is -2.26. The lowest BCUT2D eigenvalue weighted by Crippen LogP contribution is -2.37. The zero-order valence-corrected chi connectivity index (χ0v) is 16.7. The Morgan fingerprint density at radius 2 is 1.93 bits per heavy atom. The average Bonchev–Trinajstić information content (AvgIpc) is 2.74. The average molecular weight is 393 g/mol. The second kappa shape index (κ2) is 9.02. The Kier molecular flexibility index (Phi) is 6.02. The fraction of sp³-hybridized carbons (Fsp3) is 0.381. The van der Waals surface area contributed by atoms with Crippen molar-refractivity contribution >= 4 is 33.9 Å². The molecule has 3 aromatic rings. The molecule has 0 unspecified atom stereocenters. The predicted octanol–water partition coefficient (Wildman–Crippen LogP) is 2.79. The van der Waals surface area contributed by atoms with Gasteiger partial charge >= 0.3 is 0 Å². The monoisotopic (exact) mass is 393 g/mol. The Bertz CT molecular complexity index is 972. The number of nitrogens with one attached hydrogen (secondary N) is 2. The van der Waals surface area contributed by atoms with E-state index in [4.69, 9.17) is 10.5 Å². The van der Waals surface area contributed by atoms with Crippen LogP contribution in [0.5, 0.6) is 0 Å². The molecule has 0 aliphatic carbocycles. The van der Waals surface area contributed by atoms with Crippen LogP contribution in [0.4, 0.5) is 23.0 Å². The molecule has 1 aliphatic rings. The summed E-state index contributed by atoms with van der Waals surface area (Å²) in [5, 5.41) is 7.70. The largest absolute Gasteiger partial charge is 0.393 e. The molecule has 8 nitrogen and oxygen atoms in total. The number of hydrogen-bond acceptors (Lipinski definition) is 8. The number of nitrogens with zero attached hydrogens (tertiary/aromatic N) is 4. The van der Waals surface area contributed by atoms with Gasteiger partial charge in [0.1, 0.15) is 12.0 Å². The summed E-state index contributed by atoms with van der Waals surface area (Å²) in [6.45, 7) is 7.48. The van der Waals surface area contributed by atoms with E-state index in [1.807, 2.05) is 31.2 Å². The molecule has 1 fully saturated rings. The molecule has 1 aromatic carbocycles. The highest BCUT2D eigenvalue weighted by Gasteiger charge is 2.12. The Balaban J connectivity index is 1.41. The quantitative estimate of drug-likeness (QED) is 0.527. The first-order chi connectivity index (χ1) is 14.2. The molecule has 0 bridgehead atoms. The lowest BCUT2D eigenvalue weighted by molar-refractivity contribution is 0.0378. The van der Waals surface area contributed by atoms with Gasteiger partial charge in [-0.05, 0) is 44.2 Å². The summed E-state index contributed by atoms with van der Waals surface area (Å²) in [6.07, 6.45) is 2.54. The molecule has 0 radical (unpaired) electrons. The number of fused-ring (bicyclic) bond motifs is 1. The van der Waals surface area contributed by atoms with E-state index in [9.17, 15) is 0 Å². The molecule has 4 rings (SSSR count). The summed E-state index contributed by atoms with van der Waals surface area (Å²) < 4.78 is 5.38. The highest BCUT2D eigenvalue weighted by Crippen LogP contribution is 2.29. The predicted molar refractivity (Wildman–Crippen MR) is 117 cm³/mol. The first-order valence-electron chi connectivity index (χ1n) is 9.98. The van der Waals surface area contributed by atoms with Gasteiger partial charge in [-0.2, -0.15) is 0 Å². The van der Waals surface area contributed by atoms with Crippen LogP contribution in [-0.4, -0.2) is 59.2 Å². The standard InChI is InChI=1S/C21H27N7O/c1-15-6-7-16-17(26-15)4-2-5-18(16)27-21-19(22)20(24-14-25-21)23-8-3-9-28-10-12-29-13-11-28/h2,4-7,14H,3,8-13,22H2,1H3,(H2,23,24,25,27). The van der Waals surface area contributed by atoms with E-state index in [1.165, 1.54) is 6.33 Å². The molecule has 1 saturated heterocycles. The normalized spacial score (nSPS) is 14.8. The number of nitrogen functional groups attached to an aromatic ring is 1. The maximum absolute atomic E-state index is 6.33. The van der Waals surface area contributed by atoms with Crippen molar-refractivity contribution in [2.75, 3.05) is 55.8 Å². The maximum atomic E-state index is 6.33. The number of aromatic nitrogens is 3. The van der Waals surface area contributed by atoms with E-state index in [0.717, 1.165) is 68.1 Å². The third-order valence-corrected chi connectivity index (χ3v) is 5.06. The second-order valence-electron chi connectivity index (χ2n) is 7.17. The second-order valence-corrected chi connectivity index (χ2v) is 7.17. The Hall–Kier alpha value is -2.97. The van der Waals surface area contributed by atoms with Crippen molar-refractivity contribution in [2.24, 2.45) is 0 Å². The summed E-state index contributed by atoms with van der Waals surface area (Å²) in [7, 11) is 0. The summed E-state index contributed by atoms with van der Waals surface area (Å²) >= 11 is 0. The van der Waals surface area contributed by atoms with E-state index in [-0.39, 0.29) is 0 Å². The lowest BCUT2D eigenvalue weighted by atomic mass is 10.1. The smallest absolute Gasteiger partial charge is 0.159 e. The fourth-order valence-electron chi connectivity index (χ4n) is 3.46. The van der Waals surface area contributed by atoms with Crippen LogP contribution in [0.2, 0.25) is 0 Å². The van der Waals surface area contributed by atoms with Crippen molar-refractivity contribution in [3.05, 3.63) is 42.4 Å². The van der Waals surface area contributed by atoms with E-state index < -0.39 is 0 Å². The molecule has 0 saturated carbocycles. The van der Waals surface area contributed by atoms with Crippen molar-refractivity contribution in [3.8, 4) is 0 Å². The molecule has 1 aliphatic heterocycles. The molecule has 4 N–H and O–H groups in total. The number of benzene rings is 1. The third kappa shape index (κ3) is 4.72. The number of nitrogens with two attached hydrogens (primary N) is 1. The van der Waals surface area contributed by atoms with Crippen LogP contribution in [0.15, 0.2) is 36.7 Å². The molecule has 0 spiro atoms. The summed E-state index contributed by atoms with van der Waals surface area (Å²) in [6, 6.07) is 10.0. The van der Waals surface area contributed by atoms with Gasteiger partial charge in [0.2, 0.25) is 0 Å². The third-order valence-electron chi connectivity index (χ3n) is 5.06. The summed E-state index contributed by atoms with van der Waals surface area (Å²) in [4.78, 5) is 15.6. The molecule has 29 heavy (non-hydrogen) atoms. The van der Waals surface area contributed by atoms with Crippen LogP contribution >= 0.6 is 0 Å². The van der Waals surface area contributed by atoms with Crippen molar-refractivity contribution in [1.29, 1.82) is 0 Å². The fourth-order valence-corrected chi connectivity index (χ4v) is 3.46. The molecule has 3 heterocycles. The first-order valence-corrected chi connectivity index (χ1v) is 9.98. The number of rotatable bonds is 7. The van der Waals surface area contributed by atoms with Gasteiger partial charge < -0.3 is 21.1 Å². The summed E-state index contributed by atoms with van der Waals surface area (Å²) in [5.74, 6) is 1.24. The number of aryl methyl sites for hydroxylation is 1. The van der Waals surface area contributed by atoms with Crippen molar-refractivity contribution < 1.29 is 4.74 Å². The van der Waals surface area contributed by atoms with Crippen LogP contribution in [0.3, 0.4) is 0 Å². The van der Waals surface area contributed by atoms with Crippen LogP contribution in [-0.2, 0) is 4.74 Å². The highest BCUT2D eigenvalue weighted by molar-refractivity contribution is 5.94. The molecule has 8 heteroatoms. The van der Waals surface area contributed by atoms with Gasteiger partial charge in [-0.25, -0.2) is 9.97 Å². The minimum Gasteiger partial charge on any atom is -0.393 e. The Morgan fingerprint density at radius 1 is 1.10 bits per heavy atom. The van der Waals surface area contributed by atoms with E-state index in [0.29, 0.717) is 17.3 Å². The SMILES string of the molecule is Cc1ccc2c(Nc3ncnc(NCCCN4CCOCC4)c3N)cccc2n1. The van der Waals surface area contributed by atoms with Gasteiger partial charge in [-0.3, -0.25) is 9.88 Å². The zero-order chi connectivity index (χ0) is 20.1. The minimum atomic E-state index is 0.510. The van der Waals surface area contributed by atoms with Gasteiger partial charge in [-0.1, -0.05) is 6.07 Å². The van der Waals surface area contributed by atoms with Crippen molar-refractivity contribution in [1.82, 2.24) is 19.9 Å². The van der Waals surface area contributed by atoms with Crippen LogP contribution in [0.1, 0.15) is 12.1 Å². The molecule has 0 atom stereocenters. The Morgan fingerprint density at radius 3 is 2.79 bits per heavy atom. The molecule has 152 valence electrons. The van der Waals surface area contributed by atoms with Gasteiger partial charge in [-0.15, -0.1) is 0 Å². The molecular weight excluding hydrogens is 366 g/mol. The van der Waals surface area contributed by atoms with Gasteiger partial charge in [0, 0.05) is 36.4 Å². The van der Waals surface area contributed by atoms with Gasteiger partial charge in [0.15, 0.2) is 11.6 Å². The van der Waals surface area contributed by atoms with Crippen LogP contribution < -0.4 is 16.4 Å². The number of ether oxygens (including phenoxy) is 1. The van der Waals surface area contributed by atoms with E-state index >= 15 is 0 Å². The first kappa shape index (κ1) is 19.4. The van der Waals surface area contributed by atoms with Crippen LogP contribution in [0.25, 0.3) is 10.9 Å². The minimum absolute atomic E-state index is 0.510. The zero-order valence-electron chi connectivity index (χ0n) is 16.7. The summed E-state index contributed by atoms with van der Waals surface area (Å²) in [5.41, 5.74) is 9.68. The maximum Gasteiger partial charge on any atom is 0.159 e. The number of pyridine rings is 1. The van der Waals surface area contributed by atoms with Crippen LogP contribution in [0, 0.1) is 6.92 Å². The Labute approximate surface area is 170 Å². The van der Waals surface area contributed by atoms with Crippen molar-refractivity contribution in [2.45, 2.75) is 13.3 Å². The molecular formula is C21H27N7O. The van der Waals surface area contributed by atoms with Crippen molar-refractivity contribution in [3.63, 3.8) is 0 Å².